The Morgan fingerprint density at radius 2 is 2.04 bits per heavy atom. The number of aliphatic hydroxyl groups is 1. The number of aromatic nitrogens is 1. The fourth-order valence-electron chi connectivity index (χ4n) is 5.68. The van der Waals surface area contributed by atoms with Gasteiger partial charge < -0.3 is 20.7 Å². The van der Waals surface area contributed by atoms with Gasteiger partial charge in [0.1, 0.15) is 0 Å². The van der Waals surface area contributed by atoms with Crippen molar-refractivity contribution in [1.29, 1.82) is 0 Å². The second-order valence-electron chi connectivity index (χ2n) is 7.99. The summed E-state index contributed by atoms with van der Waals surface area (Å²) in [4.78, 5) is 17.9. The fraction of sp³-hybridized carbons (Fsp3) is 0.550. The molecule has 5 rings (SSSR count). The molecule has 1 saturated heterocycles. The number of hydrogen-bond donors (Lipinski definition) is 3. The number of carboxylic acids is 1. The molecule has 1 aromatic heterocycles. The quantitative estimate of drug-likeness (QED) is 0.721. The number of aromatic amines is 1. The second kappa shape index (κ2) is 6.37. The van der Waals surface area contributed by atoms with E-state index in [1.54, 1.807) is 0 Å². The molecule has 0 radical (unpaired) electrons. The number of para-hydroxylation sites is 1. The van der Waals surface area contributed by atoms with E-state index < -0.39 is 18.0 Å². The molecule has 2 aliphatic heterocycles. The van der Waals surface area contributed by atoms with Gasteiger partial charge in [-0.15, -0.1) is 0 Å². The van der Waals surface area contributed by atoms with Gasteiger partial charge in [0.05, 0.1) is 18.1 Å². The molecule has 5 N–H and O–H groups in total. The van der Waals surface area contributed by atoms with E-state index in [9.17, 15) is 15.0 Å². The van der Waals surface area contributed by atoms with Crippen LogP contribution in [-0.4, -0.2) is 50.7 Å². The van der Waals surface area contributed by atoms with Crippen LogP contribution >= 0.6 is 0 Å². The standard InChI is InChI=1S/C20H24N2O3.H2O/c23-17-6-5-11-10-22-8-7-13-12-3-1-2-4-15(12)21-19(13)16(22)9-14(11)18(17)20(24)25;/h1-4,11,14,16-18,21,23H,5-10H2,(H,24,25);1H2/t11-,14-,16-,17-,18?;/m0./s1. The molecule has 26 heavy (non-hydrogen) atoms. The van der Waals surface area contributed by atoms with Gasteiger partial charge >= 0.3 is 5.97 Å². The molecule has 0 spiro atoms. The van der Waals surface area contributed by atoms with Gasteiger partial charge in [0.2, 0.25) is 0 Å². The normalized spacial score (nSPS) is 33.7. The van der Waals surface area contributed by atoms with Crippen LogP contribution in [-0.2, 0) is 11.2 Å². The Bertz CT molecular complexity index is 832. The number of carboxylic acid groups (broad SMARTS) is 1. The lowest BCUT2D eigenvalue weighted by atomic mass is 9.65. The van der Waals surface area contributed by atoms with Crippen LogP contribution in [0.3, 0.4) is 0 Å². The predicted molar refractivity (Wildman–Crippen MR) is 97.9 cm³/mol. The van der Waals surface area contributed by atoms with Gasteiger partial charge in [0.25, 0.3) is 0 Å². The molecule has 3 aliphatic rings. The Labute approximate surface area is 152 Å². The number of rotatable bonds is 1. The molecule has 1 saturated carbocycles. The third-order valence-corrected chi connectivity index (χ3v) is 6.83. The highest BCUT2D eigenvalue weighted by Crippen LogP contribution is 2.49. The summed E-state index contributed by atoms with van der Waals surface area (Å²) < 4.78 is 0. The van der Waals surface area contributed by atoms with Crippen molar-refractivity contribution in [2.75, 3.05) is 13.1 Å². The minimum absolute atomic E-state index is 0. The molecule has 1 aliphatic carbocycles. The Balaban J connectivity index is 0.00000168. The van der Waals surface area contributed by atoms with Gasteiger partial charge in [0, 0.05) is 29.7 Å². The molecule has 6 nitrogen and oxygen atoms in total. The van der Waals surface area contributed by atoms with E-state index in [-0.39, 0.29) is 17.4 Å². The molecular weight excluding hydrogens is 332 g/mol. The number of benzene rings is 1. The van der Waals surface area contributed by atoms with Crippen LogP contribution in [0, 0.1) is 17.8 Å². The summed E-state index contributed by atoms with van der Waals surface area (Å²) in [5.74, 6) is -0.981. The van der Waals surface area contributed by atoms with Crippen LogP contribution in [0.4, 0.5) is 0 Å². The minimum atomic E-state index is -0.830. The summed E-state index contributed by atoms with van der Waals surface area (Å²) in [6.07, 6.45) is 2.75. The smallest absolute Gasteiger partial charge is 0.309 e. The van der Waals surface area contributed by atoms with E-state index in [1.165, 1.54) is 22.2 Å². The van der Waals surface area contributed by atoms with Gasteiger partial charge in [-0.2, -0.15) is 0 Å². The van der Waals surface area contributed by atoms with Crippen LogP contribution in [0.15, 0.2) is 24.3 Å². The number of nitrogens with zero attached hydrogens (tertiary/aromatic N) is 1. The highest BCUT2D eigenvalue weighted by Gasteiger charge is 2.49. The lowest BCUT2D eigenvalue weighted by molar-refractivity contribution is -0.156. The topological polar surface area (TPSA) is 108 Å². The summed E-state index contributed by atoms with van der Waals surface area (Å²) in [7, 11) is 0. The van der Waals surface area contributed by atoms with Gasteiger partial charge in [-0.1, -0.05) is 18.2 Å². The van der Waals surface area contributed by atoms with Crippen molar-refractivity contribution in [2.24, 2.45) is 17.8 Å². The molecule has 140 valence electrons. The van der Waals surface area contributed by atoms with Crippen molar-refractivity contribution in [3.8, 4) is 0 Å². The summed E-state index contributed by atoms with van der Waals surface area (Å²) in [5.41, 5.74) is 3.85. The van der Waals surface area contributed by atoms with E-state index in [0.29, 0.717) is 12.3 Å². The monoisotopic (exact) mass is 358 g/mol. The average Bonchev–Trinajstić information content (AvgIpc) is 2.99. The van der Waals surface area contributed by atoms with Gasteiger partial charge in [-0.05, 0) is 49.1 Å². The minimum Gasteiger partial charge on any atom is -0.481 e. The number of fused-ring (bicyclic) bond motifs is 6. The first kappa shape index (κ1) is 17.5. The lowest BCUT2D eigenvalue weighted by Gasteiger charge is -2.50. The number of aliphatic hydroxyl groups excluding tert-OH is 1. The first-order valence-electron chi connectivity index (χ1n) is 9.38. The SMILES string of the molecule is O.O=C(O)C1[C@H]2C[C@H]3c4[nH]c5ccccc5c4CCN3C[C@@H]2CC[C@@H]1O. The molecule has 1 aromatic carbocycles. The average molecular weight is 358 g/mol. The summed E-state index contributed by atoms with van der Waals surface area (Å²) in [5, 5.41) is 21.3. The van der Waals surface area contributed by atoms with Crippen molar-refractivity contribution in [3.63, 3.8) is 0 Å². The number of aliphatic carboxylic acids is 1. The van der Waals surface area contributed by atoms with Crippen LogP contribution in [0.5, 0.6) is 0 Å². The van der Waals surface area contributed by atoms with Crippen molar-refractivity contribution in [1.82, 2.24) is 9.88 Å². The second-order valence-corrected chi connectivity index (χ2v) is 7.99. The Morgan fingerprint density at radius 1 is 1.23 bits per heavy atom. The maximum absolute atomic E-state index is 11.8. The van der Waals surface area contributed by atoms with E-state index in [0.717, 1.165) is 32.4 Å². The summed E-state index contributed by atoms with van der Waals surface area (Å²) >= 11 is 0. The molecule has 2 fully saturated rings. The molecule has 0 bridgehead atoms. The first-order chi connectivity index (χ1) is 12.1. The Kier molecular flexibility index (Phi) is 4.29. The third kappa shape index (κ3) is 2.47. The number of piperidine rings is 1. The van der Waals surface area contributed by atoms with Gasteiger partial charge in [-0.25, -0.2) is 0 Å². The molecular formula is C20H26N2O4. The Morgan fingerprint density at radius 3 is 2.85 bits per heavy atom. The third-order valence-electron chi connectivity index (χ3n) is 6.83. The molecule has 5 atom stereocenters. The van der Waals surface area contributed by atoms with E-state index >= 15 is 0 Å². The molecule has 0 amide bonds. The van der Waals surface area contributed by atoms with Crippen molar-refractivity contribution < 1.29 is 20.5 Å². The molecule has 3 heterocycles. The largest absolute Gasteiger partial charge is 0.481 e. The van der Waals surface area contributed by atoms with E-state index in [4.69, 9.17) is 0 Å². The predicted octanol–water partition coefficient (Wildman–Crippen LogP) is 1.73. The Hall–Kier alpha value is -1.89. The zero-order valence-electron chi connectivity index (χ0n) is 14.7. The van der Waals surface area contributed by atoms with Crippen molar-refractivity contribution >= 4 is 16.9 Å². The van der Waals surface area contributed by atoms with Gasteiger partial charge in [-0.3, -0.25) is 9.69 Å². The van der Waals surface area contributed by atoms with Crippen LogP contribution < -0.4 is 0 Å². The van der Waals surface area contributed by atoms with Crippen LogP contribution in [0.25, 0.3) is 10.9 Å². The molecule has 1 unspecified atom stereocenters. The molecule has 2 aromatic rings. The van der Waals surface area contributed by atoms with Crippen molar-refractivity contribution in [2.45, 2.75) is 37.8 Å². The fourth-order valence-corrected chi connectivity index (χ4v) is 5.68. The number of nitrogens with one attached hydrogen (secondary N) is 1. The van der Waals surface area contributed by atoms with E-state index in [1.807, 2.05) is 0 Å². The lowest BCUT2D eigenvalue weighted by Crippen LogP contribution is -2.53. The number of hydrogen-bond acceptors (Lipinski definition) is 3. The highest BCUT2D eigenvalue weighted by atomic mass is 16.4. The van der Waals surface area contributed by atoms with Gasteiger partial charge in [0.15, 0.2) is 0 Å². The number of H-pyrrole nitrogens is 1. The van der Waals surface area contributed by atoms with Crippen LogP contribution in [0.2, 0.25) is 0 Å². The first-order valence-corrected chi connectivity index (χ1v) is 9.38. The van der Waals surface area contributed by atoms with E-state index in [2.05, 4.69) is 34.1 Å². The maximum Gasteiger partial charge on any atom is 0.309 e. The zero-order chi connectivity index (χ0) is 17.1. The maximum atomic E-state index is 11.8. The summed E-state index contributed by atoms with van der Waals surface area (Å²) in [6, 6.07) is 8.68. The zero-order valence-corrected chi connectivity index (χ0v) is 14.7. The number of carbonyl (C=O) groups is 1. The molecule has 6 heteroatoms. The van der Waals surface area contributed by atoms with Crippen LogP contribution in [0.1, 0.15) is 36.6 Å². The summed E-state index contributed by atoms with van der Waals surface area (Å²) in [6.45, 7) is 2.00. The highest BCUT2D eigenvalue weighted by molar-refractivity contribution is 5.85. The van der Waals surface area contributed by atoms with Crippen molar-refractivity contribution in [3.05, 3.63) is 35.5 Å².